The summed E-state index contributed by atoms with van der Waals surface area (Å²) in [7, 11) is 0. The minimum absolute atomic E-state index is 0.953. The second-order valence-electron chi connectivity index (χ2n) is 5.79. The molecule has 0 atom stereocenters. The molecule has 0 radical (unpaired) electrons. The van der Waals surface area contributed by atoms with E-state index in [1.165, 1.54) is 77.8 Å². The van der Waals surface area contributed by atoms with Crippen LogP contribution < -0.4 is 0 Å². The Labute approximate surface area is 134 Å². The fraction of sp³-hybridized carbons (Fsp3) is 1.00. The van der Waals surface area contributed by atoms with E-state index in [4.69, 9.17) is 4.74 Å². The number of hydrogen-bond donors (Lipinski definition) is 0. The molecule has 0 fully saturated rings. The lowest BCUT2D eigenvalue weighted by Gasteiger charge is -2.17. The third-order valence-corrected chi connectivity index (χ3v) is 4.31. The van der Waals surface area contributed by atoms with Crippen molar-refractivity contribution in [3.05, 3.63) is 0 Å². The highest BCUT2D eigenvalue weighted by atomic mass is 16.5. The topological polar surface area (TPSA) is 15.7 Å². The van der Waals surface area contributed by atoms with E-state index in [9.17, 15) is 0 Å². The Morgan fingerprint density at radius 1 is 0.524 bits per heavy atom. The summed E-state index contributed by atoms with van der Waals surface area (Å²) in [6.07, 6.45) is 7.68. The monoisotopic (exact) mass is 300 g/mol. The Balaban J connectivity index is 3.15. The lowest BCUT2D eigenvalue weighted by atomic mass is 10.2. The SMILES string of the molecule is CCN(CC)CCCCCOCCCCCN(CC)CC. The summed E-state index contributed by atoms with van der Waals surface area (Å²) >= 11 is 0. The average Bonchev–Trinajstić information content (AvgIpc) is 2.52. The van der Waals surface area contributed by atoms with Crippen molar-refractivity contribution in [2.75, 3.05) is 52.5 Å². The molecule has 21 heavy (non-hydrogen) atoms. The molecule has 0 amide bonds. The zero-order valence-corrected chi connectivity index (χ0v) is 15.2. The predicted molar refractivity (Wildman–Crippen MR) is 94.1 cm³/mol. The highest BCUT2D eigenvalue weighted by molar-refractivity contribution is 4.54. The van der Waals surface area contributed by atoms with Crippen molar-refractivity contribution < 1.29 is 4.74 Å². The fourth-order valence-corrected chi connectivity index (χ4v) is 2.61. The van der Waals surface area contributed by atoms with Gasteiger partial charge in [0.25, 0.3) is 0 Å². The lowest BCUT2D eigenvalue weighted by Crippen LogP contribution is -2.24. The highest BCUT2D eigenvalue weighted by Gasteiger charge is 1.99. The molecular formula is C18H40N2O. The van der Waals surface area contributed by atoms with Gasteiger partial charge in [-0.3, -0.25) is 0 Å². The van der Waals surface area contributed by atoms with Gasteiger partial charge in [0, 0.05) is 13.2 Å². The molecule has 3 nitrogen and oxygen atoms in total. The maximum Gasteiger partial charge on any atom is 0.0466 e. The van der Waals surface area contributed by atoms with Crippen LogP contribution in [0.1, 0.15) is 66.2 Å². The van der Waals surface area contributed by atoms with E-state index in [2.05, 4.69) is 37.5 Å². The third-order valence-electron chi connectivity index (χ3n) is 4.31. The van der Waals surface area contributed by atoms with Gasteiger partial charge in [-0.2, -0.15) is 0 Å². The Morgan fingerprint density at radius 3 is 1.24 bits per heavy atom. The van der Waals surface area contributed by atoms with E-state index in [1.807, 2.05) is 0 Å². The molecule has 0 bridgehead atoms. The Hall–Kier alpha value is -0.120. The molecule has 0 unspecified atom stereocenters. The summed E-state index contributed by atoms with van der Waals surface area (Å²) in [6, 6.07) is 0. The van der Waals surface area contributed by atoms with Crippen molar-refractivity contribution in [2.45, 2.75) is 66.2 Å². The molecule has 0 aromatic rings. The number of rotatable bonds is 16. The molecule has 0 aliphatic heterocycles. The van der Waals surface area contributed by atoms with Crippen molar-refractivity contribution in [1.82, 2.24) is 9.80 Å². The zero-order chi connectivity index (χ0) is 15.8. The van der Waals surface area contributed by atoms with Crippen LogP contribution in [0.5, 0.6) is 0 Å². The summed E-state index contributed by atoms with van der Waals surface area (Å²) in [5.41, 5.74) is 0. The van der Waals surface area contributed by atoms with Gasteiger partial charge in [-0.15, -0.1) is 0 Å². The second kappa shape index (κ2) is 16.3. The molecule has 128 valence electrons. The van der Waals surface area contributed by atoms with E-state index < -0.39 is 0 Å². The van der Waals surface area contributed by atoms with Crippen molar-refractivity contribution in [3.63, 3.8) is 0 Å². The maximum atomic E-state index is 5.73. The summed E-state index contributed by atoms with van der Waals surface area (Å²) in [6.45, 7) is 18.1. The highest BCUT2D eigenvalue weighted by Crippen LogP contribution is 2.02. The van der Waals surface area contributed by atoms with Gasteiger partial charge in [0.1, 0.15) is 0 Å². The molecule has 0 aromatic heterocycles. The molecule has 0 N–H and O–H groups in total. The van der Waals surface area contributed by atoms with Crippen LogP contribution in [0.3, 0.4) is 0 Å². The van der Waals surface area contributed by atoms with Crippen LogP contribution >= 0.6 is 0 Å². The molecule has 0 heterocycles. The van der Waals surface area contributed by atoms with Gasteiger partial charge in [0.2, 0.25) is 0 Å². The lowest BCUT2D eigenvalue weighted by molar-refractivity contribution is 0.124. The van der Waals surface area contributed by atoms with E-state index in [1.54, 1.807) is 0 Å². The summed E-state index contributed by atoms with van der Waals surface area (Å²) < 4.78 is 5.73. The van der Waals surface area contributed by atoms with Gasteiger partial charge in [-0.25, -0.2) is 0 Å². The first-order valence-electron chi connectivity index (χ1n) is 9.30. The first-order valence-corrected chi connectivity index (χ1v) is 9.30. The quantitative estimate of drug-likeness (QED) is 0.400. The number of hydrogen-bond acceptors (Lipinski definition) is 3. The minimum atomic E-state index is 0.953. The summed E-state index contributed by atoms with van der Waals surface area (Å²) in [4.78, 5) is 4.99. The molecule has 0 saturated carbocycles. The van der Waals surface area contributed by atoms with Crippen LogP contribution in [0, 0.1) is 0 Å². The molecule has 0 spiro atoms. The fourth-order valence-electron chi connectivity index (χ4n) is 2.61. The summed E-state index contributed by atoms with van der Waals surface area (Å²) in [5, 5.41) is 0. The van der Waals surface area contributed by atoms with Gasteiger partial charge in [-0.1, -0.05) is 27.7 Å². The molecule has 0 aliphatic rings. The maximum absolute atomic E-state index is 5.73. The zero-order valence-electron chi connectivity index (χ0n) is 15.2. The molecule has 0 rings (SSSR count). The first kappa shape index (κ1) is 20.9. The van der Waals surface area contributed by atoms with Crippen LogP contribution in [-0.4, -0.2) is 62.3 Å². The third kappa shape index (κ3) is 13.3. The number of nitrogens with zero attached hydrogens (tertiary/aromatic N) is 2. The van der Waals surface area contributed by atoms with Crippen LogP contribution in [0.25, 0.3) is 0 Å². The Kier molecular flexibility index (Phi) is 16.2. The minimum Gasteiger partial charge on any atom is -0.381 e. The second-order valence-corrected chi connectivity index (χ2v) is 5.79. The molecule has 0 saturated heterocycles. The van der Waals surface area contributed by atoms with Crippen LogP contribution in [0.4, 0.5) is 0 Å². The largest absolute Gasteiger partial charge is 0.381 e. The van der Waals surface area contributed by atoms with Crippen molar-refractivity contribution in [2.24, 2.45) is 0 Å². The van der Waals surface area contributed by atoms with Gasteiger partial charge >= 0.3 is 0 Å². The predicted octanol–water partition coefficient (Wildman–Crippen LogP) is 4.03. The van der Waals surface area contributed by atoms with Gasteiger partial charge in [0.15, 0.2) is 0 Å². The first-order chi connectivity index (χ1) is 10.3. The van der Waals surface area contributed by atoms with Crippen LogP contribution in [0.15, 0.2) is 0 Å². The van der Waals surface area contributed by atoms with Crippen LogP contribution in [-0.2, 0) is 4.74 Å². The number of ether oxygens (including phenoxy) is 1. The van der Waals surface area contributed by atoms with Crippen molar-refractivity contribution in [1.29, 1.82) is 0 Å². The van der Waals surface area contributed by atoms with E-state index in [0.29, 0.717) is 0 Å². The summed E-state index contributed by atoms with van der Waals surface area (Å²) in [5.74, 6) is 0. The average molecular weight is 301 g/mol. The van der Waals surface area contributed by atoms with Gasteiger partial charge in [0.05, 0.1) is 0 Å². The van der Waals surface area contributed by atoms with Gasteiger partial charge in [-0.05, 0) is 77.8 Å². The number of unbranched alkanes of at least 4 members (excludes halogenated alkanes) is 4. The molecule has 0 aromatic carbocycles. The Morgan fingerprint density at radius 2 is 0.905 bits per heavy atom. The van der Waals surface area contributed by atoms with Gasteiger partial charge < -0.3 is 14.5 Å². The smallest absolute Gasteiger partial charge is 0.0466 e. The van der Waals surface area contributed by atoms with Crippen molar-refractivity contribution in [3.8, 4) is 0 Å². The normalized spacial score (nSPS) is 11.7. The van der Waals surface area contributed by atoms with E-state index in [0.717, 1.165) is 13.2 Å². The molecule has 3 heteroatoms. The van der Waals surface area contributed by atoms with Crippen LogP contribution in [0.2, 0.25) is 0 Å². The Bertz CT molecular complexity index is 172. The van der Waals surface area contributed by atoms with E-state index in [-0.39, 0.29) is 0 Å². The molecular weight excluding hydrogens is 260 g/mol. The standard InChI is InChI=1S/C18H40N2O/c1-5-19(6-2)15-11-9-13-17-21-18-14-10-12-16-20(7-3)8-4/h5-18H2,1-4H3. The molecule has 0 aliphatic carbocycles. The van der Waals surface area contributed by atoms with Crippen molar-refractivity contribution >= 4 is 0 Å². The van der Waals surface area contributed by atoms with E-state index >= 15 is 0 Å².